The molecule has 4 rings (SSSR count). The number of sulfonamides is 1. The Morgan fingerprint density at radius 3 is 1.28 bits per heavy atom. The highest BCUT2D eigenvalue weighted by Gasteiger charge is 2.45. The molecule has 0 bridgehead atoms. The molecule has 47 heavy (non-hydrogen) atoms. The van der Waals surface area contributed by atoms with Crippen LogP contribution in [0.2, 0.25) is 0 Å². The molecule has 2 heterocycles. The number of alkyl halides is 6. The van der Waals surface area contributed by atoms with Crippen LogP contribution in [-0.4, -0.2) is 109 Å². The summed E-state index contributed by atoms with van der Waals surface area (Å²) in [6, 6.07) is 10.3. The van der Waals surface area contributed by atoms with Crippen molar-refractivity contribution < 1.29 is 62.4 Å². The monoisotopic (exact) mass is 735 g/mol. The van der Waals surface area contributed by atoms with Crippen LogP contribution in [-0.2, 0) is 38.3 Å². The average Bonchev–Trinajstić information content (AvgIpc) is 2.99. The van der Waals surface area contributed by atoms with Gasteiger partial charge in [0, 0.05) is 48.2 Å². The van der Waals surface area contributed by atoms with Crippen molar-refractivity contribution in [2.75, 3.05) is 56.1 Å². The van der Waals surface area contributed by atoms with Crippen molar-refractivity contribution in [1.29, 1.82) is 0 Å². The van der Waals surface area contributed by atoms with Crippen molar-refractivity contribution in [2.24, 2.45) is 0 Å². The van der Waals surface area contributed by atoms with Crippen LogP contribution in [0.4, 0.5) is 37.7 Å². The molecule has 0 spiro atoms. The number of carbonyl (C=O) groups excluding carboxylic acids is 4. The van der Waals surface area contributed by atoms with Gasteiger partial charge < -0.3 is 19.6 Å². The van der Waals surface area contributed by atoms with Crippen LogP contribution >= 0.6 is 10.7 Å². The number of rotatable bonds is 5. The molecule has 0 saturated carbocycles. The van der Waals surface area contributed by atoms with Crippen LogP contribution in [0.3, 0.4) is 0 Å². The number of halogens is 7. The zero-order chi connectivity index (χ0) is 35.5. The molecule has 2 saturated heterocycles. The van der Waals surface area contributed by atoms with Gasteiger partial charge >= 0.3 is 24.2 Å². The lowest BCUT2D eigenvalue weighted by Gasteiger charge is -2.34. The summed E-state index contributed by atoms with van der Waals surface area (Å²) in [5, 5.41) is 0. The first-order chi connectivity index (χ1) is 21.6. The topological polar surface area (TPSA) is 162 Å². The molecule has 1 N–H and O–H groups in total. The van der Waals surface area contributed by atoms with Crippen molar-refractivity contribution >= 4 is 64.8 Å². The molecular weight excluding hydrogens is 712 g/mol. The normalized spacial score (nSPS) is 16.5. The van der Waals surface area contributed by atoms with Gasteiger partial charge in [0.15, 0.2) is 0 Å². The molecule has 13 nitrogen and oxygen atoms in total. The van der Waals surface area contributed by atoms with Gasteiger partial charge in [-0.2, -0.15) is 26.3 Å². The van der Waals surface area contributed by atoms with E-state index in [0.717, 1.165) is 0 Å². The molecule has 2 fully saturated rings. The van der Waals surface area contributed by atoms with Gasteiger partial charge in [0.1, 0.15) is 13.1 Å². The zero-order valence-corrected chi connectivity index (χ0v) is 26.3. The summed E-state index contributed by atoms with van der Waals surface area (Å²) in [5.74, 6) is -5.49. The Labute approximate surface area is 268 Å². The van der Waals surface area contributed by atoms with E-state index in [1.54, 1.807) is 0 Å². The van der Waals surface area contributed by atoms with Gasteiger partial charge in [0.25, 0.3) is 9.05 Å². The quantitative estimate of drug-likeness (QED) is 0.359. The van der Waals surface area contributed by atoms with Crippen LogP contribution in [0, 0.1) is 0 Å². The second-order valence-electron chi connectivity index (χ2n) is 9.67. The fourth-order valence-electron chi connectivity index (χ4n) is 4.31. The molecule has 2 aliphatic heterocycles. The molecule has 0 unspecified atom stereocenters. The van der Waals surface area contributed by atoms with Crippen molar-refractivity contribution in [3.63, 3.8) is 0 Å². The van der Waals surface area contributed by atoms with Gasteiger partial charge in [-0.25, -0.2) is 21.6 Å². The minimum Gasteiger partial charge on any atom is -0.324 e. The molecular formula is C25H24ClF6N5O8S2. The number of piperazine rings is 2. The van der Waals surface area contributed by atoms with Crippen molar-refractivity contribution in [2.45, 2.75) is 22.1 Å². The zero-order valence-electron chi connectivity index (χ0n) is 23.9. The maximum atomic E-state index is 12.4. The highest BCUT2D eigenvalue weighted by atomic mass is 35.7. The van der Waals surface area contributed by atoms with Gasteiger partial charge in [-0.15, -0.1) is 0 Å². The molecule has 22 heteroatoms. The third-order valence-electron chi connectivity index (χ3n) is 6.66. The predicted molar refractivity (Wildman–Crippen MR) is 152 cm³/mol. The smallest absolute Gasteiger partial charge is 0.324 e. The first kappa shape index (κ1) is 37.5. The second kappa shape index (κ2) is 14.0. The van der Waals surface area contributed by atoms with Crippen LogP contribution in [0.15, 0.2) is 58.3 Å². The Hall–Kier alpha value is -3.95. The summed E-state index contributed by atoms with van der Waals surface area (Å²) in [4.78, 5) is 49.3. The van der Waals surface area contributed by atoms with Gasteiger partial charge in [-0.05, 0) is 55.6 Å². The van der Waals surface area contributed by atoms with E-state index in [0.29, 0.717) is 21.2 Å². The largest absolute Gasteiger partial charge is 0.471 e. The lowest BCUT2D eigenvalue weighted by atomic mass is 10.2. The van der Waals surface area contributed by atoms with Gasteiger partial charge in [-0.1, -0.05) is 0 Å². The molecule has 0 aromatic heterocycles. The number of hydrogen-bond donors (Lipinski definition) is 1. The highest BCUT2D eigenvalue weighted by molar-refractivity contribution is 8.13. The van der Waals surface area contributed by atoms with E-state index in [1.165, 1.54) is 65.4 Å². The van der Waals surface area contributed by atoms with Crippen LogP contribution in [0.1, 0.15) is 0 Å². The van der Waals surface area contributed by atoms with Gasteiger partial charge in [-0.3, -0.25) is 19.2 Å². The third-order valence-corrected chi connectivity index (χ3v) is 9.46. The van der Waals surface area contributed by atoms with Gasteiger partial charge in [0.05, 0.1) is 9.79 Å². The van der Waals surface area contributed by atoms with Crippen molar-refractivity contribution in [1.82, 2.24) is 14.5 Å². The van der Waals surface area contributed by atoms with Crippen LogP contribution < -0.4 is 14.5 Å². The Balaban J connectivity index is 0.000000256. The third kappa shape index (κ3) is 9.32. The standard InChI is InChI=1S/C13H14F3N3O4S.C12H10ClF3N2O4S/c1-17-24(22,23)10-4-2-9(3-5-10)19-7-6-18(8-11(19)20)12(21)13(14,15)16;13-23(21,22)9-3-1-8(2-4-9)18-6-5-17(7-10(18)19)11(20)12(14,15)16/h2-5,17H,6-8H2,1H3;1-4H,5-7H2. The molecule has 2 aromatic rings. The predicted octanol–water partition coefficient (Wildman–Crippen LogP) is 1.68. The summed E-state index contributed by atoms with van der Waals surface area (Å²) in [7, 11) is -1.12. The van der Waals surface area contributed by atoms with Crippen molar-refractivity contribution in [3.05, 3.63) is 48.5 Å². The summed E-state index contributed by atoms with van der Waals surface area (Å²) in [5.41, 5.74) is 0.646. The molecule has 0 atom stereocenters. The first-order valence-corrected chi connectivity index (χ1v) is 16.8. The SMILES string of the molecule is CNS(=O)(=O)c1ccc(N2CCN(C(=O)C(F)(F)F)CC2=O)cc1.O=C1CN(C(=O)C(F)(F)F)CCN1c1ccc(S(=O)(=O)Cl)cc1. The molecule has 0 aliphatic carbocycles. The molecule has 2 aromatic carbocycles. The van der Waals surface area contributed by atoms with Crippen LogP contribution in [0.25, 0.3) is 0 Å². The first-order valence-electron chi connectivity index (χ1n) is 13.0. The summed E-state index contributed by atoms with van der Waals surface area (Å²) < 4.78 is 122. The Morgan fingerprint density at radius 1 is 0.660 bits per heavy atom. The van der Waals surface area contributed by atoms with Crippen molar-refractivity contribution in [3.8, 4) is 0 Å². The highest BCUT2D eigenvalue weighted by Crippen LogP contribution is 2.25. The maximum Gasteiger partial charge on any atom is 0.471 e. The van der Waals surface area contributed by atoms with E-state index in [1.807, 2.05) is 0 Å². The number of carbonyl (C=O) groups is 4. The Bertz CT molecular complexity index is 1740. The number of anilines is 2. The Morgan fingerprint density at radius 2 is 1.00 bits per heavy atom. The second-order valence-corrected chi connectivity index (χ2v) is 14.1. The fraction of sp³-hybridized carbons (Fsp3) is 0.360. The summed E-state index contributed by atoms with van der Waals surface area (Å²) >= 11 is 0. The molecule has 4 amide bonds. The average molecular weight is 736 g/mol. The van der Waals surface area contributed by atoms with E-state index in [2.05, 4.69) is 4.72 Å². The number of benzene rings is 2. The Kier molecular flexibility index (Phi) is 11.2. The lowest BCUT2D eigenvalue weighted by molar-refractivity contribution is -0.186. The molecule has 0 radical (unpaired) electrons. The maximum absolute atomic E-state index is 12.4. The number of nitrogens with one attached hydrogen (secondary N) is 1. The summed E-state index contributed by atoms with van der Waals surface area (Å²) in [6.45, 7) is -2.17. The molecule has 258 valence electrons. The summed E-state index contributed by atoms with van der Waals surface area (Å²) in [6.07, 6.45) is -10.1. The minimum absolute atomic E-state index is 0.00733. The number of hydrogen-bond acceptors (Lipinski definition) is 8. The van der Waals surface area contributed by atoms with Crippen LogP contribution in [0.5, 0.6) is 0 Å². The van der Waals surface area contributed by atoms with E-state index >= 15 is 0 Å². The van der Waals surface area contributed by atoms with E-state index in [-0.39, 0.29) is 36.0 Å². The minimum atomic E-state index is -5.03. The van der Waals surface area contributed by atoms with E-state index < -0.39 is 68.1 Å². The van der Waals surface area contributed by atoms with E-state index in [9.17, 15) is 62.4 Å². The molecule has 2 aliphatic rings. The number of amides is 4. The number of nitrogens with zero attached hydrogens (tertiary/aromatic N) is 4. The fourth-order valence-corrected chi connectivity index (χ4v) is 5.81. The van der Waals surface area contributed by atoms with Gasteiger partial charge in [0.2, 0.25) is 21.8 Å². The van der Waals surface area contributed by atoms with E-state index in [4.69, 9.17) is 10.7 Å². The lowest BCUT2D eigenvalue weighted by Crippen LogP contribution is -2.55.